The van der Waals surface area contributed by atoms with Crippen LogP contribution in [0.3, 0.4) is 0 Å². The third kappa shape index (κ3) is 4.50. The maximum Gasteiger partial charge on any atom is 0.120 e. The molecule has 1 aromatic heterocycles. The molecule has 3 nitrogen and oxygen atoms in total. The van der Waals surface area contributed by atoms with Crippen LogP contribution >= 0.6 is 0 Å². The standard InChI is InChI=1S/C17H28N2O/c1-13(2)10-18-11-17-15(4)9-16(20-17)12-19-7-5-14(3)6-8-19/h5,9,13,18H,6-8,10-12H2,1-4H3. The molecule has 0 unspecified atom stereocenters. The lowest BCUT2D eigenvalue weighted by molar-refractivity contribution is 0.257. The van der Waals surface area contributed by atoms with E-state index in [-0.39, 0.29) is 0 Å². The Labute approximate surface area is 123 Å². The Hall–Kier alpha value is -1.06. The molecule has 0 saturated carbocycles. The Morgan fingerprint density at radius 3 is 2.80 bits per heavy atom. The minimum atomic E-state index is 0.674. The fraction of sp³-hybridized carbons (Fsp3) is 0.647. The lowest BCUT2D eigenvalue weighted by atomic mass is 10.1. The number of nitrogens with one attached hydrogen (secondary N) is 1. The van der Waals surface area contributed by atoms with E-state index < -0.39 is 0 Å². The first kappa shape index (κ1) is 15.3. The number of aryl methyl sites for hydroxylation is 1. The highest BCUT2D eigenvalue weighted by atomic mass is 16.3. The molecule has 3 heteroatoms. The lowest BCUT2D eigenvalue weighted by Gasteiger charge is -2.24. The van der Waals surface area contributed by atoms with Crippen molar-refractivity contribution < 1.29 is 4.42 Å². The van der Waals surface area contributed by atoms with E-state index in [4.69, 9.17) is 4.42 Å². The van der Waals surface area contributed by atoms with Gasteiger partial charge in [-0.3, -0.25) is 4.90 Å². The van der Waals surface area contributed by atoms with Gasteiger partial charge in [-0.1, -0.05) is 25.5 Å². The Balaban J connectivity index is 1.87. The molecule has 0 amide bonds. The highest BCUT2D eigenvalue weighted by Gasteiger charge is 2.13. The van der Waals surface area contributed by atoms with Crippen molar-refractivity contribution in [3.8, 4) is 0 Å². The van der Waals surface area contributed by atoms with E-state index >= 15 is 0 Å². The van der Waals surface area contributed by atoms with E-state index in [1.807, 2.05) is 0 Å². The number of furan rings is 1. The largest absolute Gasteiger partial charge is 0.463 e. The summed E-state index contributed by atoms with van der Waals surface area (Å²) in [4.78, 5) is 2.44. The SMILES string of the molecule is CC1=CCN(Cc2cc(C)c(CNCC(C)C)o2)CC1. The van der Waals surface area contributed by atoms with Gasteiger partial charge in [0.1, 0.15) is 11.5 Å². The molecule has 0 aliphatic carbocycles. The fourth-order valence-corrected chi connectivity index (χ4v) is 2.49. The van der Waals surface area contributed by atoms with Crippen LogP contribution in [0.2, 0.25) is 0 Å². The van der Waals surface area contributed by atoms with Crippen molar-refractivity contribution in [1.29, 1.82) is 0 Å². The summed E-state index contributed by atoms with van der Waals surface area (Å²) in [6, 6.07) is 2.19. The molecule has 0 fully saturated rings. The monoisotopic (exact) mass is 276 g/mol. The molecular formula is C17H28N2O. The molecule has 1 aliphatic heterocycles. The molecule has 0 bridgehead atoms. The topological polar surface area (TPSA) is 28.4 Å². The van der Waals surface area contributed by atoms with Gasteiger partial charge in [-0.15, -0.1) is 0 Å². The predicted octanol–water partition coefficient (Wildman–Crippen LogP) is 3.49. The van der Waals surface area contributed by atoms with Crippen LogP contribution in [-0.4, -0.2) is 24.5 Å². The van der Waals surface area contributed by atoms with Crippen molar-refractivity contribution in [3.63, 3.8) is 0 Å². The summed E-state index contributed by atoms with van der Waals surface area (Å²) in [6.45, 7) is 13.8. The van der Waals surface area contributed by atoms with E-state index in [1.54, 1.807) is 0 Å². The number of nitrogens with zero attached hydrogens (tertiary/aromatic N) is 1. The zero-order chi connectivity index (χ0) is 14.5. The molecule has 0 radical (unpaired) electrons. The van der Waals surface area contributed by atoms with E-state index in [0.717, 1.165) is 44.2 Å². The van der Waals surface area contributed by atoms with Crippen LogP contribution in [0.15, 0.2) is 22.1 Å². The summed E-state index contributed by atoms with van der Waals surface area (Å²) in [5.74, 6) is 2.86. The van der Waals surface area contributed by atoms with Gasteiger partial charge in [0.05, 0.1) is 13.1 Å². The molecule has 112 valence electrons. The summed E-state index contributed by atoms with van der Waals surface area (Å²) in [5, 5.41) is 3.45. The minimum Gasteiger partial charge on any atom is -0.463 e. The quantitative estimate of drug-likeness (QED) is 0.806. The third-order valence-corrected chi connectivity index (χ3v) is 3.81. The minimum absolute atomic E-state index is 0.674. The molecule has 1 aliphatic rings. The van der Waals surface area contributed by atoms with Gasteiger partial charge >= 0.3 is 0 Å². The van der Waals surface area contributed by atoms with Crippen LogP contribution in [0.4, 0.5) is 0 Å². The molecule has 0 saturated heterocycles. The van der Waals surface area contributed by atoms with Gasteiger partial charge < -0.3 is 9.73 Å². The molecule has 20 heavy (non-hydrogen) atoms. The molecular weight excluding hydrogens is 248 g/mol. The highest BCUT2D eigenvalue weighted by Crippen LogP contribution is 2.18. The second kappa shape index (κ2) is 7.09. The maximum atomic E-state index is 6.00. The van der Waals surface area contributed by atoms with Crippen LogP contribution < -0.4 is 5.32 Å². The van der Waals surface area contributed by atoms with Crippen molar-refractivity contribution in [2.24, 2.45) is 5.92 Å². The Kier molecular flexibility index (Phi) is 5.44. The Morgan fingerprint density at radius 1 is 1.35 bits per heavy atom. The van der Waals surface area contributed by atoms with E-state index in [0.29, 0.717) is 5.92 Å². The first-order valence-electron chi connectivity index (χ1n) is 7.71. The van der Waals surface area contributed by atoms with Crippen molar-refractivity contribution >= 4 is 0 Å². The normalized spacial score (nSPS) is 16.8. The van der Waals surface area contributed by atoms with E-state index in [1.165, 1.54) is 17.6 Å². The number of hydrogen-bond donors (Lipinski definition) is 1. The molecule has 0 spiro atoms. The zero-order valence-electron chi connectivity index (χ0n) is 13.3. The molecule has 1 N–H and O–H groups in total. The van der Waals surface area contributed by atoms with Crippen LogP contribution in [0.1, 0.15) is 44.3 Å². The summed E-state index contributed by atoms with van der Waals surface area (Å²) in [5.41, 5.74) is 2.77. The van der Waals surface area contributed by atoms with Gasteiger partial charge in [-0.2, -0.15) is 0 Å². The van der Waals surface area contributed by atoms with Crippen LogP contribution in [0, 0.1) is 12.8 Å². The van der Waals surface area contributed by atoms with Crippen molar-refractivity contribution in [1.82, 2.24) is 10.2 Å². The van der Waals surface area contributed by atoms with Crippen molar-refractivity contribution in [2.75, 3.05) is 19.6 Å². The van der Waals surface area contributed by atoms with Gasteiger partial charge in [0, 0.05) is 13.1 Å². The van der Waals surface area contributed by atoms with Crippen LogP contribution in [0.25, 0.3) is 0 Å². The summed E-state index contributed by atoms with van der Waals surface area (Å²) in [7, 11) is 0. The number of rotatable bonds is 6. The summed E-state index contributed by atoms with van der Waals surface area (Å²) in [6.07, 6.45) is 3.51. The Bertz CT molecular complexity index is 460. The third-order valence-electron chi connectivity index (χ3n) is 3.81. The smallest absolute Gasteiger partial charge is 0.120 e. The van der Waals surface area contributed by atoms with Gasteiger partial charge in [0.2, 0.25) is 0 Å². The summed E-state index contributed by atoms with van der Waals surface area (Å²) < 4.78 is 6.00. The molecule has 0 aromatic carbocycles. The molecule has 2 rings (SSSR count). The Morgan fingerprint density at radius 2 is 2.15 bits per heavy atom. The zero-order valence-corrected chi connectivity index (χ0v) is 13.3. The molecule has 1 aromatic rings. The van der Waals surface area contributed by atoms with E-state index in [9.17, 15) is 0 Å². The van der Waals surface area contributed by atoms with Gasteiger partial charge in [0.25, 0.3) is 0 Å². The number of hydrogen-bond acceptors (Lipinski definition) is 3. The highest BCUT2D eigenvalue weighted by molar-refractivity contribution is 5.20. The summed E-state index contributed by atoms with van der Waals surface area (Å²) >= 11 is 0. The molecule has 2 heterocycles. The van der Waals surface area contributed by atoms with Gasteiger partial charge in [0.15, 0.2) is 0 Å². The average molecular weight is 276 g/mol. The van der Waals surface area contributed by atoms with Crippen molar-refractivity contribution in [3.05, 3.63) is 34.8 Å². The van der Waals surface area contributed by atoms with Gasteiger partial charge in [-0.05, 0) is 44.4 Å². The predicted molar refractivity (Wildman–Crippen MR) is 83.6 cm³/mol. The fourth-order valence-electron chi connectivity index (χ4n) is 2.49. The van der Waals surface area contributed by atoms with E-state index in [2.05, 4.69) is 50.1 Å². The first-order valence-corrected chi connectivity index (χ1v) is 7.71. The van der Waals surface area contributed by atoms with Gasteiger partial charge in [-0.25, -0.2) is 0 Å². The molecule has 0 atom stereocenters. The van der Waals surface area contributed by atoms with Crippen molar-refractivity contribution in [2.45, 2.75) is 47.2 Å². The first-order chi connectivity index (χ1) is 9.54. The van der Waals surface area contributed by atoms with Crippen LogP contribution in [0.5, 0.6) is 0 Å². The second-order valence-corrected chi connectivity index (χ2v) is 6.38. The second-order valence-electron chi connectivity index (χ2n) is 6.38. The lowest BCUT2D eigenvalue weighted by Crippen LogP contribution is -2.27. The average Bonchev–Trinajstić information content (AvgIpc) is 2.72. The maximum absolute atomic E-state index is 6.00. The van der Waals surface area contributed by atoms with Crippen LogP contribution in [-0.2, 0) is 13.1 Å².